The van der Waals surface area contributed by atoms with Crippen molar-refractivity contribution in [1.29, 1.82) is 0 Å². The number of halogens is 1. The van der Waals surface area contributed by atoms with Crippen molar-refractivity contribution in [2.24, 2.45) is 5.10 Å². The lowest BCUT2D eigenvalue weighted by molar-refractivity contribution is 0.0734. The Morgan fingerprint density at radius 1 is 1.03 bits per heavy atom. The molecule has 6 nitrogen and oxygen atoms in total. The Bertz CT molecular complexity index is 1140. The number of nitrogens with one attached hydrogen (secondary N) is 1. The molecule has 0 bridgehead atoms. The molecular weight excluding hydrogens is 484 g/mol. The van der Waals surface area contributed by atoms with E-state index in [1.54, 1.807) is 60.7 Å². The lowest BCUT2D eigenvalue weighted by Crippen LogP contribution is -2.17. The molecule has 0 aliphatic heterocycles. The highest BCUT2D eigenvalue weighted by molar-refractivity contribution is 9.10. The van der Waals surface area contributed by atoms with E-state index in [9.17, 15) is 9.59 Å². The Morgan fingerprint density at radius 2 is 1.82 bits per heavy atom. The third-order valence-electron chi connectivity index (χ3n) is 4.68. The van der Waals surface area contributed by atoms with E-state index in [1.807, 2.05) is 13.0 Å². The van der Waals surface area contributed by atoms with E-state index >= 15 is 0 Å². The minimum Gasteiger partial charge on any atom is -0.494 e. The van der Waals surface area contributed by atoms with Crippen molar-refractivity contribution in [3.8, 4) is 11.5 Å². The third kappa shape index (κ3) is 7.29. The topological polar surface area (TPSA) is 77.0 Å². The predicted octanol–water partition coefficient (Wildman–Crippen LogP) is 5.92. The Hall–Kier alpha value is -3.45. The zero-order valence-electron chi connectivity index (χ0n) is 18.5. The van der Waals surface area contributed by atoms with Gasteiger partial charge in [-0.25, -0.2) is 10.2 Å². The molecule has 0 unspecified atom stereocenters. The van der Waals surface area contributed by atoms with Gasteiger partial charge in [0.05, 0.1) is 18.4 Å². The summed E-state index contributed by atoms with van der Waals surface area (Å²) in [6, 6.07) is 19.2. The third-order valence-corrected chi connectivity index (χ3v) is 5.17. The Morgan fingerprint density at radius 3 is 2.55 bits per heavy atom. The number of ether oxygens (including phenoxy) is 2. The zero-order valence-corrected chi connectivity index (χ0v) is 20.1. The van der Waals surface area contributed by atoms with E-state index in [1.165, 1.54) is 6.21 Å². The van der Waals surface area contributed by atoms with Crippen LogP contribution in [0, 0.1) is 6.92 Å². The van der Waals surface area contributed by atoms with Crippen LogP contribution in [0.3, 0.4) is 0 Å². The normalized spacial score (nSPS) is 10.8. The second-order valence-corrected chi connectivity index (χ2v) is 8.28. The monoisotopic (exact) mass is 508 g/mol. The summed E-state index contributed by atoms with van der Waals surface area (Å²) < 4.78 is 11.9. The molecule has 3 aromatic rings. The molecule has 1 N–H and O–H groups in total. The number of carbonyl (C=O) groups is 2. The first kappa shape index (κ1) is 24.2. The van der Waals surface area contributed by atoms with Crippen molar-refractivity contribution in [1.82, 2.24) is 5.43 Å². The quantitative estimate of drug-likeness (QED) is 0.128. The largest absolute Gasteiger partial charge is 0.494 e. The number of hydrazone groups is 1. The Kier molecular flexibility index (Phi) is 8.78. The fourth-order valence-corrected chi connectivity index (χ4v) is 3.28. The summed E-state index contributed by atoms with van der Waals surface area (Å²) in [7, 11) is 0. The first-order valence-corrected chi connectivity index (χ1v) is 11.4. The van der Waals surface area contributed by atoms with E-state index in [4.69, 9.17) is 9.47 Å². The van der Waals surface area contributed by atoms with Gasteiger partial charge in [0, 0.05) is 15.6 Å². The van der Waals surface area contributed by atoms with E-state index in [2.05, 4.69) is 33.4 Å². The molecule has 170 valence electrons. The van der Waals surface area contributed by atoms with Crippen LogP contribution in [-0.2, 0) is 0 Å². The van der Waals surface area contributed by atoms with Gasteiger partial charge in [-0.2, -0.15) is 5.10 Å². The van der Waals surface area contributed by atoms with Gasteiger partial charge in [0.1, 0.15) is 11.5 Å². The highest BCUT2D eigenvalue weighted by atomic mass is 79.9. The average molecular weight is 509 g/mol. The molecule has 3 aromatic carbocycles. The minimum atomic E-state index is -0.471. The number of carbonyl (C=O) groups excluding carboxylic acids is 2. The molecule has 0 aromatic heterocycles. The van der Waals surface area contributed by atoms with Crippen molar-refractivity contribution >= 4 is 34.0 Å². The Balaban J connectivity index is 1.65. The summed E-state index contributed by atoms with van der Waals surface area (Å²) >= 11 is 3.40. The van der Waals surface area contributed by atoms with Crippen molar-refractivity contribution in [2.75, 3.05) is 6.61 Å². The molecule has 0 aliphatic carbocycles. The summed E-state index contributed by atoms with van der Waals surface area (Å²) in [6.45, 7) is 4.66. The van der Waals surface area contributed by atoms with Crippen LogP contribution in [-0.4, -0.2) is 24.7 Å². The molecule has 0 heterocycles. The maximum absolute atomic E-state index is 12.5. The first-order chi connectivity index (χ1) is 16.0. The molecule has 0 aliphatic rings. The first-order valence-electron chi connectivity index (χ1n) is 10.6. The summed E-state index contributed by atoms with van der Waals surface area (Å²) in [4.78, 5) is 24.9. The summed E-state index contributed by atoms with van der Waals surface area (Å²) in [6.07, 6.45) is 3.47. The molecule has 0 fully saturated rings. The maximum Gasteiger partial charge on any atom is 0.343 e. The van der Waals surface area contributed by atoms with Gasteiger partial charge >= 0.3 is 5.97 Å². The number of esters is 1. The molecule has 0 radical (unpaired) electrons. The molecule has 0 saturated heterocycles. The van der Waals surface area contributed by atoms with Gasteiger partial charge in [-0.05, 0) is 67.9 Å². The minimum absolute atomic E-state index is 0.330. The standard InChI is InChI=1S/C26H25BrN2O4/c1-3-4-14-32-23-11-8-19(9-12-23)25(30)29-28-17-21-16-22(27)10-13-24(21)33-26(31)20-7-5-6-18(2)15-20/h5-13,15-17H,3-4,14H2,1-2H3,(H,29,30). The van der Waals surface area contributed by atoms with E-state index < -0.39 is 5.97 Å². The second kappa shape index (κ2) is 12.0. The fourth-order valence-electron chi connectivity index (χ4n) is 2.91. The van der Waals surface area contributed by atoms with Crippen LogP contribution in [0.4, 0.5) is 0 Å². The van der Waals surface area contributed by atoms with Crippen molar-refractivity contribution in [3.63, 3.8) is 0 Å². The summed E-state index contributed by atoms with van der Waals surface area (Å²) in [5.74, 6) is 0.217. The highest BCUT2D eigenvalue weighted by Crippen LogP contribution is 2.23. The number of unbranched alkanes of at least 4 members (excludes halogenated alkanes) is 1. The van der Waals surface area contributed by atoms with Crippen LogP contribution < -0.4 is 14.9 Å². The van der Waals surface area contributed by atoms with Gasteiger partial charge in [0.25, 0.3) is 5.91 Å². The lowest BCUT2D eigenvalue weighted by Gasteiger charge is -2.09. The van der Waals surface area contributed by atoms with Gasteiger partial charge in [-0.3, -0.25) is 4.79 Å². The molecule has 1 amide bonds. The van der Waals surface area contributed by atoms with Crippen LogP contribution in [0.25, 0.3) is 0 Å². The molecule has 3 rings (SSSR count). The number of benzene rings is 3. The molecule has 33 heavy (non-hydrogen) atoms. The van der Waals surface area contributed by atoms with Crippen LogP contribution in [0.15, 0.2) is 76.3 Å². The number of hydrogen-bond acceptors (Lipinski definition) is 5. The highest BCUT2D eigenvalue weighted by Gasteiger charge is 2.12. The van der Waals surface area contributed by atoms with Gasteiger partial charge in [-0.15, -0.1) is 0 Å². The SMILES string of the molecule is CCCCOc1ccc(C(=O)NN=Cc2cc(Br)ccc2OC(=O)c2cccc(C)c2)cc1. The van der Waals surface area contributed by atoms with Gasteiger partial charge in [-0.1, -0.05) is 47.0 Å². The van der Waals surface area contributed by atoms with E-state index in [0.717, 1.165) is 28.6 Å². The summed E-state index contributed by atoms with van der Waals surface area (Å²) in [5.41, 5.74) is 4.90. The van der Waals surface area contributed by atoms with Crippen molar-refractivity contribution < 1.29 is 19.1 Å². The van der Waals surface area contributed by atoms with Crippen LogP contribution in [0.1, 0.15) is 51.6 Å². The zero-order chi connectivity index (χ0) is 23.6. The smallest absolute Gasteiger partial charge is 0.343 e. The van der Waals surface area contributed by atoms with E-state index in [-0.39, 0.29) is 5.91 Å². The number of nitrogens with zero attached hydrogens (tertiary/aromatic N) is 1. The van der Waals surface area contributed by atoms with Crippen LogP contribution in [0.2, 0.25) is 0 Å². The molecular formula is C26H25BrN2O4. The lowest BCUT2D eigenvalue weighted by atomic mass is 10.1. The van der Waals surface area contributed by atoms with Crippen LogP contribution in [0.5, 0.6) is 11.5 Å². The molecule has 0 spiro atoms. The van der Waals surface area contributed by atoms with E-state index in [0.29, 0.717) is 29.0 Å². The van der Waals surface area contributed by atoms with Crippen LogP contribution >= 0.6 is 15.9 Å². The van der Waals surface area contributed by atoms with Crippen molar-refractivity contribution in [3.05, 3.63) is 93.5 Å². The van der Waals surface area contributed by atoms with Gasteiger partial charge in [0.15, 0.2) is 0 Å². The molecule has 0 saturated carbocycles. The predicted molar refractivity (Wildman–Crippen MR) is 132 cm³/mol. The number of aryl methyl sites for hydroxylation is 1. The maximum atomic E-state index is 12.5. The molecule has 7 heteroatoms. The number of hydrogen-bond donors (Lipinski definition) is 1. The van der Waals surface area contributed by atoms with Gasteiger partial charge in [0.2, 0.25) is 0 Å². The van der Waals surface area contributed by atoms with Crippen molar-refractivity contribution in [2.45, 2.75) is 26.7 Å². The Labute approximate surface area is 201 Å². The van der Waals surface area contributed by atoms with Gasteiger partial charge < -0.3 is 9.47 Å². The number of amides is 1. The molecule has 0 atom stereocenters. The fraction of sp³-hybridized carbons (Fsp3) is 0.192. The summed E-state index contributed by atoms with van der Waals surface area (Å²) in [5, 5.41) is 4.03. The second-order valence-electron chi connectivity index (χ2n) is 7.37. The number of rotatable bonds is 9. The average Bonchev–Trinajstić information content (AvgIpc) is 2.81.